The maximum atomic E-state index is 5.78. The van der Waals surface area contributed by atoms with Crippen LogP contribution in [0.5, 0.6) is 0 Å². The highest BCUT2D eigenvalue weighted by molar-refractivity contribution is 6.83. The van der Waals surface area contributed by atoms with Crippen LogP contribution in [0.4, 0.5) is 0 Å². The molecule has 0 heterocycles. The fourth-order valence-electron chi connectivity index (χ4n) is 1.48. The van der Waals surface area contributed by atoms with E-state index in [0.717, 1.165) is 24.6 Å². The van der Waals surface area contributed by atoms with Gasteiger partial charge in [-0.25, -0.2) is 0 Å². The first kappa shape index (κ1) is 16.0. The molecule has 0 amide bonds. The Morgan fingerprint density at radius 3 is 1.67 bits per heavy atom. The van der Waals surface area contributed by atoms with Crippen molar-refractivity contribution in [3.05, 3.63) is 0 Å². The van der Waals surface area contributed by atoms with Gasteiger partial charge in [0.2, 0.25) is 0 Å². The largest absolute Gasteiger partial charge is 0.349 e. The second kappa shape index (κ2) is 8.12. The van der Waals surface area contributed by atoms with E-state index in [2.05, 4.69) is 30.9 Å². The van der Waals surface area contributed by atoms with Gasteiger partial charge >= 0.3 is 0 Å². The van der Waals surface area contributed by atoms with Gasteiger partial charge in [-0.15, -0.1) is 23.2 Å². The number of halogens is 2. The molecule has 0 aromatic rings. The van der Waals surface area contributed by atoms with Gasteiger partial charge in [0.25, 0.3) is 0 Å². The predicted molar refractivity (Wildman–Crippen MR) is 77.2 cm³/mol. The minimum absolute atomic E-state index is 0.379. The number of hydrogen-bond donors (Lipinski definition) is 0. The summed E-state index contributed by atoms with van der Waals surface area (Å²) in [5.74, 6) is 1.60. The van der Waals surface area contributed by atoms with E-state index in [0.29, 0.717) is 0 Å². The molecule has 0 aromatic carbocycles. The Kier molecular flexibility index (Phi) is 8.65. The topological polar surface area (TPSA) is 3.24 Å². The number of rotatable bonds is 8. The van der Waals surface area contributed by atoms with E-state index in [1.807, 2.05) is 0 Å². The van der Waals surface area contributed by atoms with Crippen LogP contribution in [0.2, 0.25) is 31.7 Å². The van der Waals surface area contributed by atoms with Crippen LogP contribution in [0.3, 0.4) is 0 Å². The Hall–Kier alpha value is 0.974. The first-order chi connectivity index (χ1) is 6.93. The monoisotopic (exact) mass is 284 g/mol. The molecule has 0 bridgehead atoms. The van der Waals surface area contributed by atoms with Gasteiger partial charge in [-0.2, -0.15) is 0 Å². The molecular formula is C10H24Cl2NSi2. The SMILES string of the molecule is CN([Si](CCCCl)CCCCl)[Si](C)(C)C. The molecule has 91 valence electrons. The second-order valence-electron chi connectivity index (χ2n) is 4.88. The van der Waals surface area contributed by atoms with Crippen molar-refractivity contribution in [2.24, 2.45) is 0 Å². The smallest absolute Gasteiger partial charge is 0.129 e. The highest BCUT2D eigenvalue weighted by Crippen LogP contribution is 2.17. The molecule has 0 spiro atoms. The lowest BCUT2D eigenvalue weighted by Crippen LogP contribution is -2.51. The van der Waals surface area contributed by atoms with E-state index in [-0.39, 0.29) is 8.96 Å². The van der Waals surface area contributed by atoms with Crippen LogP contribution in [-0.4, -0.2) is 40.2 Å². The summed E-state index contributed by atoms with van der Waals surface area (Å²) in [6.07, 6.45) is 2.32. The molecule has 0 atom stereocenters. The molecule has 0 saturated carbocycles. The van der Waals surface area contributed by atoms with E-state index < -0.39 is 8.24 Å². The molecule has 0 aliphatic carbocycles. The van der Waals surface area contributed by atoms with Gasteiger partial charge in [0, 0.05) is 11.8 Å². The summed E-state index contributed by atoms with van der Waals surface area (Å²) >= 11 is 11.6. The minimum Gasteiger partial charge on any atom is -0.349 e. The van der Waals surface area contributed by atoms with Crippen molar-refractivity contribution in [2.75, 3.05) is 18.8 Å². The molecule has 0 aliphatic heterocycles. The Morgan fingerprint density at radius 1 is 1.00 bits per heavy atom. The summed E-state index contributed by atoms with van der Waals surface area (Å²) in [5.41, 5.74) is 0. The molecule has 1 radical (unpaired) electrons. The number of nitrogens with zero attached hydrogens (tertiary/aromatic N) is 1. The fourth-order valence-corrected chi connectivity index (χ4v) is 8.75. The van der Waals surface area contributed by atoms with Gasteiger partial charge in [0.1, 0.15) is 17.2 Å². The van der Waals surface area contributed by atoms with Crippen LogP contribution in [0.15, 0.2) is 0 Å². The molecule has 0 fully saturated rings. The van der Waals surface area contributed by atoms with Gasteiger partial charge in [-0.1, -0.05) is 19.6 Å². The Morgan fingerprint density at radius 2 is 1.40 bits per heavy atom. The number of alkyl halides is 2. The minimum atomic E-state index is -1.13. The van der Waals surface area contributed by atoms with Gasteiger partial charge < -0.3 is 4.23 Å². The zero-order valence-electron chi connectivity index (χ0n) is 10.4. The normalized spacial score (nSPS) is 12.8. The second-order valence-corrected chi connectivity index (χ2v) is 13.9. The molecule has 0 unspecified atom stereocenters. The molecule has 1 nitrogen and oxygen atoms in total. The van der Waals surface area contributed by atoms with E-state index in [9.17, 15) is 0 Å². The maximum Gasteiger partial charge on any atom is 0.129 e. The van der Waals surface area contributed by atoms with E-state index in [1.54, 1.807) is 0 Å². The lowest BCUT2D eigenvalue weighted by atomic mass is 10.6. The third-order valence-corrected chi connectivity index (χ3v) is 11.0. The summed E-state index contributed by atoms with van der Waals surface area (Å²) in [7, 11) is 0.798. The van der Waals surface area contributed by atoms with E-state index in [4.69, 9.17) is 23.2 Å². The molecule has 0 N–H and O–H groups in total. The Balaban J connectivity index is 4.20. The molecule has 0 saturated heterocycles. The van der Waals surface area contributed by atoms with Crippen LogP contribution in [-0.2, 0) is 0 Å². The zero-order valence-corrected chi connectivity index (χ0v) is 14.0. The summed E-state index contributed by atoms with van der Waals surface area (Å²) in [6, 6.07) is 2.62. The average molecular weight is 285 g/mol. The Bertz CT molecular complexity index is 154. The summed E-state index contributed by atoms with van der Waals surface area (Å²) in [5, 5.41) is 0. The van der Waals surface area contributed by atoms with Crippen LogP contribution in [0, 0.1) is 0 Å². The summed E-state index contributed by atoms with van der Waals surface area (Å²) < 4.78 is 2.69. The molecule has 0 aromatic heterocycles. The highest BCUT2D eigenvalue weighted by atomic mass is 35.5. The van der Waals surface area contributed by atoms with Gasteiger partial charge in [-0.3, -0.25) is 0 Å². The van der Waals surface area contributed by atoms with Crippen molar-refractivity contribution in [1.29, 1.82) is 0 Å². The molecule has 0 aliphatic rings. The van der Waals surface area contributed by atoms with Crippen molar-refractivity contribution >= 4 is 40.4 Å². The van der Waals surface area contributed by atoms with Crippen molar-refractivity contribution in [1.82, 2.24) is 4.23 Å². The summed E-state index contributed by atoms with van der Waals surface area (Å²) in [6.45, 7) is 7.25. The van der Waals surface area contributed by atoms with Crippen LogP contribution >= 0.6 is 23.2 Å². The fraction of sp³-hybridized carbons (Fsp3) is 1.00. The first-order valence-electron chi connectivity index (χ1n) is 5.64. The Labute approximate surface area is 108 Å². The molecule has 0 rings (SSSR count). The van der Waals surface area contributed by atoms with E-state index in [1.165, 1.54) is 12.1 Å². The van der Waals surface area contributed by atoms with Crippen molar-refractivity contribution in [3.8, 4) is 0 Å². The lowest BCUT2D eigenvalue weighted by molar-refractivity contribution is 0.745. The van der Waals surface area contributed by atoms with E-state index >= 15 is 0 Å². The average Bonchev–Trinajstić information content (AvgIpc) is 2.16. The van der Waals surface area contributed by atoms with Crippen molar-refractivity contribution in [2.45, 2.75) is 44.6 Å². The van der Waals surface area contributed by atoms with Crippen molar-refractivity contribution < 1.29 is 0 Å². The molecule has 5 heteroatoms. The first-order valence-corrected chi connectivity index (χ1v) is 12.0. The standard InChI is InChI=1S/C10H24Cl2NSi2/c1-13(15(2,3)4)14(9-5-7-11)10-6-8-12/h5-10H2,1-4H3. The third kappa shape index (κ3) is 7.00. The van der Waals surface area contributed by atoms with Gasteiger partial charge in [0.05, 0.1) is 0 Å². The van der Waals surface area contributed by atoms with Crippen LogP contribution in [0.25, 0.3) is 0 Å². The van der Waals surface area contributed by atoms with Crippen LogP contribution < -0.4 is 0 Å². The van der Waals surface area contributed by atoms with Crippen LogP contribution in [0.1, 0.15) is 12.8 Å². The zero-order chi connectivity index (χ0) is 11.9. The molecular weight excluding hydrogens is 261 g/mol. The molecule has 15 heavy (non-hydrogen) atoms. The summed E-state index contributed by atoms with van der Waals surface area (Å²) in [4.78, 5) is 0. The van der Waals surface area contributed by atoms with Crippen molar-refractivity contribution in [3.63, 3.8) is 0 Å². The van der Waals surface area contributed by atoms with Gasteiger partial charge in [0.15, 0.2) is 0 Å². The quantitative estimate of drug-likeness (QED) is 0.481. The maximum absolute atomic E-state index is 5.78. The predicted octanol–water partition coefficient (Wildman–Crippen LogP) is 4.00. The third-order valence-electron chi connectivity index (χ3n) is 2.68. The number of hydrogen-bond acceptors (Lipinski definition) is 1. The highest BCUT2D eigenvalue weighted by Gasteiger charge is 2.27. The van der Waals surface area contributed by atoms with Gasteiger partial charge in [-0.05, 0) is 32.0 Å². The lowest BCUT2D eigenvalue weighted by Gasteiger charge is -2.36.